The highest BCUT2D eigenvalue weighted by Crippen LogP contribution is 2.30. The summed E-state index contributed by atoms with van der Waals surface area (Å²) in [5.41, 5.74) is 0. The minimum absolute atomic E-state index is 0.640. The third-order valence-corrected chi connectivity index (χ3v) is 5.14. The third-order valence-electron chi connectivity index (χ3n) is 3.65. The van der Waals surface area contributed by atoms with E-state index >= 15 is 0 Å². The molecule has 0 amide bonds. The molecule has 1 saturated carbocycles. The summed E-state index contributed by atoms with van der Waals surface area (Å²) in [6.07, 6.45) is 6.93. The van der Waals surface area contributed by atoms with Gasteiger partial charge in [-0.25, -0.2) is 0 Å². The number of hydrogen-bond donors (Lipinski definition) is 1. The predicted octanol–water partition coefficient (Wildman–Crippen LogP) is 2.92. The molecule has 0 aromatic rings. The summed E-state index contributed by atoms with van der Waals surface area (Å²) in [4.78, 5) is 0. The van der Waals surface area contributed by atoms with Crippen molar-refractivity contribution in [2.24, 2.45) is 5.92 Å². The minimum Gasteiger partial charge on any atom is -0.385 e. The molecule has 1 aliphatic carbocycles. The van der Waals surface area contributed by atoms with Crippen LogP contribution in [0.25, 0.3) is 0 Å². The summed E-state index contributed by atoms with van der Waals surface area (Å²) < 4.78 is 5.15. The molecule has 1 aliphatic rings. The second-order valence-corrected chi connectivity index (χ2v) is 6.23. The number of nitrogens with one attached hydrogen (secondary N) is 1. The first-order valence-electron chi connectivity index (χ1n) is 6.55. The summed E-state index contributed by atoms with van der Waals surface area (Å²) in [7, 11) is 3.87. The van der Waals surface area contributed by atoms with Crippen molar-refractivity contribution >= 4 is 11.8 Å². The Morgan fingerprint density at radius 1 is 1.38 bits per heavy atom. The first-order valence-corrected chi connectivity index (χ1v) is 7.60. The van der Waals surface area contributed by atoms with Gasteiger partial charge in [-0.15, -0.1) is 0 Å². The second-order valence-electron chi connectivity index (χ2n) is 4.89. The van der Waals surface area contributed by atoms with E-state index in [0.29, 0.717) is 12.0 Å². The Balaban J connectivity index is 2.18. The van der Waals surface area contributed by atoms with Crippen LogP contribution < -0.4 is 5.32 Å². The van der Waals surface area contributed by atoms with Crippen LogP contribution in [0.4, 0.5) is 0 Å². The lowest BCUT2D eigenvalue weighted by Gasteiger charge is -2.24. The minimum atomic E-state index is 0.640. The molecule has 0 aliphatic heterocycles. The van der Waals surface area contributed by atoms with Crippen LogP contribution in [0, 0.1) is 5.92 Å². The van der Waals surface area contributed by atoms with Crippen LogP contribution in [0.2, 0.25) is 0 Å². The molecule has 0 radical (unpaired) electrons. The molecule has 0 heterocycles. The number of hydrogen-bond acceptors (Lipinski definition) is 3. The molecule has 2 nitrogen and oxygen atoms in total. The van der Waals surface area contributed by atoms with Gasteiger partial charge in [0.1, 0.15) is 0 Å². The molecule has 16 heavy (non-hydrogen) atoms. The van der Waals surface area contributed by atoms with Crippen molar-refractivity contribution < 1.29 is 4.74 Å². The lowest BCUT2D eigenvalue weighted by Crippen LogP contribution is -2.35. The van der Waals surface area contributed by atoms with Crippen molar-refractivity contribution in [3.05, 3.63) is 0 Å². The zero-order valence-corrected chi connectivity index (χ0v) is 11.8. The molecule has 0 spiro atoms. The molecule has 0 aromatic heterocycles. The molecule has 2 atom stereocenters. The highest BCUT2D eigenvalue weighted by atomic mass is 32.2. The van der Waals surface area contributed by atoms with Crippen LogP contribution in [-0.4, -0.2) is 37.8 Å². The van der Waals surface area contributed by atoms with Crippen molar-refractivity contribution in [2.75, 3.05) is 26.5 Å². The first kappa shape index (κ1) is 14.3. The molecule has 0 bridgehead atoms. The standard InChI is InChI=1S/C13H27NOS/c1-11(8-9-15-3)13(14-2)10-16-12-6-4-5-7-12/h11-14H,4-10H2,1-3H3. The van der Waals surface area contributed by atoms with Gasteiger partial charge in [-0.05, 0) is 32.2 Å². The average Bonchev–Trinajstić information content (AvgIpc) is 2.80. The Morgan fingerprint density at radius 3 is 2.62 bits per heavy atom. The molecule has 1 fully saturated rings. The summed E-state index contributed by atoms with van der Waals surface area (Å²) in [6, 6.07) is 0.640. The zero-order chi connectivity index (χ0) is 11.8. The Morgan fingerprint density at radius 2 is 2.06 bits per heavy atom. The largest absolute Gasteiger partial charge is 0.385 e. The lowest BCUT2D eigenvalue weighted by atomic mass is 10.0. The summed E-state index contributed by atoms with van der Waals surface area (Å²) in [5.74, 6) is 1.96. The van der Waals surface area contributed by atoms with E-state index in [4.69, 9.17) is 4.74 Å². The molecular weight excluding hydrogens is 218 g/mol. The Labute approximate surface area is 105 Å². The summed E-state index contributed by atoms with van der Waals surface area (Å²) in [6.45, 7) is 3.21. The van der Waals surface area contributed by atoms with E-state index in [0.717, 1.165) is 18.3 Å². The second kappa shape index (κ2) is 8.37. The predicted molar refractivity (Wildman–Crippen MR) is 73.2 cm³/mol. The Kier molecular flexibility index (Phi) is 7.50. The van der Waals surface area contributed by atoms with Gasteiger partial charge in [-0.3, -0.25) is 0 Å². The molecule has 1 N–H and O–H groups in total. The number of ether oxygens (including phenoxy) is 1. The van der Waals surface area contributed by atoms with Crippen LogP contribution in [0.15, 0.2) is 0 Å². The summed E-state index contributed by atoms with van der Waals surface area (Å²) >= 11 is 2.18. The number of rotatable bonds is 8. The lowest BCUT2D eigenvalue weighted by molar-refractivity contribution is 0.173. The quantitative estimate of drug-likeness (QED) is 0.710. The van der Waals surface area contributed by atoms with Gasteiger partial charge in [0.25, 0.3) is 0 Å². The van der Waals surface area contributed by atoms with Crippen LogP contribution in [0.5, 0.6) is 0 Å². The van der Waals surface area contributed by atoms with Crippen LogP contribution in [-0.2, 0) is 4.74 Å². The highest BCUT2D eigenvalue weighted by Gasteiger charge is 2.20. The van der Waals surface area contributed by atoms with E-state index in [2.05, 4.69) is 31.1 Å². The molecule has 1 rings (SSSR count). The fourth-order valence-electron chi connectivity index (χ4n) is 2.33. The highest BCUT2D eigenvalue weighted by molar-refractivity contribution is 7.99. The topological polar surface area (TPSA) is 21.3 Å². The van der Waals surface area contributed by atoms with Crippen molar-refractivity contribution in [1.29, 1.82) is 0 Å². The van der Waals surface area contributed by atoms with E-state index in [1.807, 2.05) is 0 Å². The smallest absolute Gasteiger partial charge is 0.0465 e. The maximum Gasteiger partial charge on any atom is 0.0465 e. The van der Waals surface area contributed by atoms with E-state index in [-0.39, 0.29) is 0 Å². The zero-order valence-electron chi connectivity index (χ0n) is 11.0. The fourth-order valence-corrected chi connectivity index (χ4v) is 3.97. The summed E-state index contributed by atoms with van der Waals surface area (Å²) in [5, 5.41) is 4.39. The molecule has 0 saturated heterocycles. The normalized spacial score (nSPS) is 21.2. The maximum atomic E-state index is 5.15. The maximum absolute atomic E-state index is 5.15. The van der Waals surface area contributed by atoms with Crippen LogP contribution in [0.3, 0.4) is 0 Å². The average molecular weight is 245 g/mol. The van der Waals surface area contributed by atoms with Crippen molar-refractivity contribution in [1.82, 2.24) is 5.32 Å². The van der Waals surface area contributed by atoms with E-state index in [9.17, 15) is 0 Å². The van der Waals surface area contributed by atoms with Crippen molar-refractivity contribution in [3.8, 4) is 0 Å². The number of thioether (sulfide) groups is 1. The molecular formula is C13H27NOS. The van der Waals surface area contributed by atoms with Gasteiger partial charge in [0.05, 0.1) is 0 Å². The van der Waals surface area contributed by atoms with Gasteiger partial charge in [0.2, 0.25) is 0 Å². The van der Waals surface area contributed by atoms with Gasteiger partial charge in [0, 0.05) is 30.8 Å². The fraction of sp³-hybridized carbons (Fsp3) is 1.00. The molecule has 2 unspecified atom stereocenters. The number of methoxy groups -OCH3 is 1. The first-order chi connectivity index (χ1) is 7.77. The van der Waals surface area contributed by atoms with Crippen LogP contribution in [0.1, 0.15) is 39.0 Å². The van der Waals surface area contributed by atoms with Crippen LogP contribution >= 0.6 is 11.8 Å². The van der Waals surface area contributed by atoms with Crippen molar-refractivity contribution in [3.63, 3.8) is 0 Å². The van der Waals surface area contributed by atoms with Gasteiger partial charge < -0.3 is 10.1 Å². The van der Waals surface area contributed by atoms with E-state index < -0.39 is 0 Å². The van der Waals surface area contributed by atoms with Gasteiger partial charge >= 0.3 is 0 Å². The third kappa shape index (κ3) is 5.07. The van der Waals surface area contributed by atoms with Crippen molar-refractivity contribution in [2.45, 2.75) is 50.3 Å². The van der Waals surface area contributed by atoms with Gasteiger partial charge in [-0.1, -0.05) is 19.8 Å². The van der Waals surface area contributed by atoms with Gasteiger partial charge in [-0.2, -0.15) is 11.8 Å². The molecule has 3 heteroatoms. The Bertz CT molecular complexity index is 171. The molecule has 0 aromatic carbocycles. The van der Waals surface area contributed by atoms with Gasteiger partial charge in [0.15, 0.2) is 0 Å². The molecule has 96 valence electrons. The monoisotopic (exact) mass is 245 g/mol. The van der Waals surface area contributed by atoms with E-state index in [1.165, 1.54) is 31.4 Å². The van der Waals surface area contributed by atoms with E-state index in [1.54, 1.807) is 7.11 Å². The Hall–Kier alpha value is 0.270. The SMILES string of the molecule is CNC(CSC1CCCC1)C(C)CCOC.